The van der Waals surface area contributed by atoms with E-state index in [1.54, 1.807) is 12.1 Å². The number of amides is 1. The van der Waals surface area contributed by atoms with Crippen LogP contribution in [-0.2, 0) is 4.79 Å². The van der Waals surface area contributed by atoms with Crippen LogP contribution in [0.4, 0.5) is 11.4 Å². The minimum Gasteiger partial charge on any atom is -0.372 e. The molecular weight excluding hydrogens is 425 g/mol. The smallest absolute Gasteiger partial charge is 0.266 e. The fourth-order valence-electron chi connectivity index (χ4n) is 2.45. The molecule has 1 N–H and O–H groups in total. The zero-order valence-electron chi connectivity index (χ0n) is 14.3. The number of benzene rings is 2. The SMILES string of the molecule is CCN(CC)c1ccc(/C=C(\C#N)C(=O)Nc2cccc(I)c2)cc1. The van der Waals surface area contributed by atoms with Gasteiger partial charge in [-0.1, -0.05) is 18.2 Å². The zero-order valence-corrected chi connectivity index (χ0v) is 16.4. The minimum absolute atomic E-state index is 0.0782. The Hall–Kier alpha value is -2.33. The number of nitriles is 1. The number of rotatable bonds is 6. The fourth-order valence-corrected chi connectivity index (χ4v) is 2.99. The summed E-state index contributed by atoms with van der Waals surface area (Å²) in [5, 5.41) is 12.1. The van der Waals surface area contributed by atoms with E-state index in [1.165, 1.54) is 0 Å². The molecule has 0 atom stereocenters. The van der Waals surface area contributed by atoms with Gasteiger partial charge >= 0.3 is 0 Å². The van der Waals surface area contributed by atoms with Crippen LogP contribution < -0.4 is 10.2 Å². The third kappa shape index (κ3) is 5.33. The lowest BCUT2D eigenvalue weighted by atomic mass is 10.1. The van der Waals surface area contributed by atoms with Gasteiger partial charge in [0.25, 0.3) is 5.91 Å². The monoisotopic (exact) mass is 445 g/mol. The summed E-state index contributed by atoms with van der Waals surface area (Å²) in [6.07, 6.45) is 1.61. The third-order valence-electron chi connectivity index (χ3n) is 3.78. The maximum atomic E-state index is 12.3. The first-order valence-electron chi connectivity index (χ1n) is 8.11. The van der Waals surface area contributed by atoms with E-state index < -0.39 is 5.91 Å². The number of nitrogens with one attached hydrogen (secondary N) is 1. The van der Waals surface area contributed by atoms with Gasteiger partial charge in [-0.25, -0.2) is 0 Å². The number of carbonyl (C=O) groups is 1. The van der Waals surface area contributed by atoms with E-state index in [1.807, 2.05) is 48.5 Å². The van der Waals surface area contributed by atoms with Gasteiger partial charge in [-0.15, -0.1) is 0 Å². The molecule has 2 rings (SSSR count). The van der Waals surface area contributed by atoms with Gasteiger partial charge in [0.05, 0.1) is 0 Å². The molecule has 0 saturated heterocycles. The van der Waals surface area contributed by atoms with Crippen LogP contribution in [0.25, 0.3) is 6.08 Å². The van der Waals surface area contributed by atoms with E-state index in [4.69, 9.17) is 0 Å². The van der Waals surface area contributed by atoms with Crippen molar-refractivity contribution in [3.63, 3.8) is 0 Å². The molecule has 1 amide bonds. The summed E-state index contributed by atoms with van der Waals surface area (Å²) in [4.78, 5) is 14.6. The summed E-state index contributed by atoms with van der Waals surface area (Å²) in [6.45, 7) is 6.10. The Morgan fingerprint density at radius 1 is 1.20 bits per heavy atom. The molecule has 0 aliphatic carbocycles. The molecule has 0 fully saturated rings. The summed E-state index contributed by atoms with van der Waals surface area (Å²) in [5.74, 6) is -0.405. The highest BCUT2D eigenvalue weighted by Gasteiger charge is 2.10. The molecule has 25 heavy (non-hydrogen) atoms. The first-order valence-corrected chi connectivity index (χ1v) is 9.19. The Labute approximate surface area is 162 Å². The normalized spacial score (nSPS) is 10.9. The molecule has 0 heterocycles. The van der Waals surface area contributed by atoms with Crippen LogP contribution in [-0.4, -0.2) is 19.0 Å². The average molecular weight is 445 g/mol. The molecule has 0 unspecified atom stereocenters. The Morgan fingerprint density at radius 2 is 1.88 bits per heavy atom. The fraction of sp³-hybridized carbons (Fsp3) is 0.200. The molecule has 0 aromatic heterocycles. The van der Waals surface area contributed by atoms with Gasteiger partial charge in [0.15, 0.2) is 0 Å². The van der Waals surface area contributed by atoms with Gasteiger partial charge in [-0.05, 0) is 78.4 Å². The highest BCUT2D eigenvalue weighted by molar-refractivity contribution is 14.1. The number of hydrogen-bond acceptors (Lipinski definition) is 3. The van der Waals surface area contributed by atoms with Crippen molar-refractivity contribution in [1.29, 1.82) is 5.26 Å². The molecule has 4 nitrogen and oxygen atoms in total. The summed E-state index contributed by atoms with van der Waals surface area (Å²) in [6, 6.07) is 17.3. The van der Waals surface area contributed by atoms with Crippen LogP contribution in [0, 0.1) is 14.9 Å². The van der Waals surface area contributed by atoms with Crippen molar-refractivity contribution in [3.8, 4) is 6.07 Å². The Kier molecular flexibility index (Phi) is 7.02. The summed E-state index contributed by atoms with van der Waals surface area (Å²) in [7, 11) is 0. The maximum absolute atomic E-state index is 12.3. The molecule has 0 saturated carbocycles. The molecule has 0 spiro atoms. The predicted octanol–water partition coefficient (Wildman–Crippen LogP) is 4.68. The summed E-state index contributed by atoms with van der Waals surface area (Å²) >= 11 is 2.18. The largest absolute Gasteiger partial charge is 0.372 e. The average Bonchev–Trinajstić information content (AvgIpc) is 2.62. The molecule has 2 aromatic rings. The van der Waals surface area contributed by atoms with Crippen molar-refractivity contribution < 1.29 is 4.79 Å². The molecular formula is C20H20IN3O. The lowest BCUT2D eigenvalue weighted by Gasteiger charge is -2.20. The van der Waals surface area contributed by atoms with E-state index in [0.717, 1.165) is 27.9 Å². The van der Waals surface area contributed by atoms with Gasteiger partial charge in [0.1, 0.15) is 11.6 Å². The molecule has 2 aromatic carbocycles. The predicted molar refractivity (Wildman–Crippen MR) is 111 cm³/mol. The molecule has 0 bridgehead atoms. The van der Waals surface area contributed by atoms with Crippen molar-refractivity contribution in [2.45, 2.75) is 13.8 Å². The number of carbonyl (C=O) groups excluding carboxylic acids is 1. The van der Waals surface area contributed by atoms with Crippen molar-refractivity contribution in [2.24, 2.45) is 0 Å². The van der Waals surface area contributed by atoms with E-state index in [0.29, 0.717) is 5.69 Å². The van der Waals surface area contributed by atoms with Crippen LogP contribution in [0.3, 0.4) is 0 Å². The Morgan fingerprint density at radius 3 is 2.44 bits per heavy atom. The van der Waals surface area contributed by atoms with Gasteiger partial charge in [0, 0.05) is 28.0 Å². The first-order chi connectivity index (χ1) is 12.1. The van der Waals surface area contributed by atoms with Crippen LogP contribution in [0.15, 0.2) is 54.1 Å². The second-order valence-corrected chi connectivity index (χ2v) is 6.64. The first kappa shape index (κ1) is 19.0. The molecule has 5 heteroatoms. The number of anilines is 2. The second kappa shape index (κ2) is 9.23. The van der Waals surface area contributed by atoms with Crippen LogP contribution in [0.1, 0.15) is 19.4 Å². The highest BCUT2D eigenvalue weighted by atomic mass is 127. The Bertz CT molecular complexity index is 802. The van der Waals surface area contributed by atoms with Gasteiger partial charge in [-0.3, -0.25) is 4.79 Å². The van der Waals surface area contributed by atoms with Crippen LogP contribution in [0.2, 0.25) is 0 Å². The lowest BCUT2D eigenvalue weighted by Crippen LogP contribution is -2.21. The quantitative estimate of drug-likeness (QED) is 0.399. The van der Waals surface area contributed by atoms with Crippen molar-refractivity contribution >= 4 is 45.9 Å². The van der Waals surface area contributed by atoms with Crippen molar-refractivity contribution in [1.82, 2.24) is 0 Å². The number of hydrogen-bond donors (Lipinski definition) is 1. The second-order valence-electron chi connectivity index (χ2n) is 5.40. The van der Waals surface area contributed by atoms with Crippen molar-refractivity contribution in [3.05, 3.63) is 63.2 Å². The molecule has 0 aliphatic heterocycles. The molecule has 128 valence electrons. The van der Waals surface area contributed by atoms with E-state index in [2.05, 4.69) is 46.7 Å². The van der Waals surface area contributed by atoms with Gasteiger partial charge in [-0.2, -0.15) is 5.26 Å². The third-order valence-corrected chi connectivity index (χ3v) is 4.45. The highest BCUT2D eigenvalue weighted by Crippen LogP contribution is 2.18. The van der Waals surface area contributed by atoms with E-state index >= 15 is 0 Å². The Balaban J connectivity index is 2.16. The minimum atomic E-state index is -0.405. The number of nitrogens with zero attached hydrogens (tertiary/aromatic N) is 2. The van der Waals surface area contributed by atoms with Gasteiger partial charge in [0.2, 0.25) is 0 Å². The molecule has 0 aliphatic rings. The van der Waals surface area contributed by atoms with Crippen molar-refractivity contribution in [2.75, 3.05) is 23.3 Å². The summed E-state index contributed by atoms with van der Waals surface area (Å²) < 4.78 is 1.02. The van der Waals surface area contributed by atoms with Gasteiger partial charge < -0.3 is 10.2 Å². The van der Waals surface area contributed by atoms with Crippen LogP contribution in [0.5, 0.6) is 0 Å². The zero-order chi connectivity index (χ0) is 18.2. The maximum Gasteiger partial charge on any atom is 0.266 e. The molecule has 0 radical (unpaired) electrons. The standard InChI is InChI=1S/C20H20IN3O/c1-3-24(4-2)19-10-8-15(9-11-19)12-16(14-22)20(25)23-18-7-5-6-17(21)13-18/h5-13H,3-4H2,1-2H3,(H,23,25)/b16-12+. The number of halogens is 1. The topological polar surface area (TPSA) is 56.1 Å². The summed E-state index contributed by atoms with van der Waals surface area (Å²) in [5.41, 5.74) is 2.71. The van der Waals surface area contributed by atoms with Crippen LogP contribution >= 0.6 is 22.6 Å². The van der Waals surface area contributed by atoms with E-state index in [9.17, 15) is 10.1 Å². The lowest BCUT2D eigenvalue weighted by molar-refractivity contribution is -0.112. The van der Waals surface area contributed by atoms with E-state index in [-0.39, 0.29) is 5.57 Å².